The standard InChI is InChI=1S/C34H28F3N3O13/c1-17(41)50-26-14-27(51-18(2)42)32(53-30(26)31(44)48-3)52-25-12-11-19(13-24(25)40(46)47)16-49-33(45)39-15-21(20-7-4-5-9-23(20)39)29(43)22-8-6-10-28(38-22)34(35,36)37/h4-13,15,26-27,30,32H,14,16H2,1-3H3/t26-,27+,30-,32+/m0/s1. The SMILES string of the molecule is COC(=O)[C@H]1O[C@@H](Oc2ccc(COC(=O)n3cc(C(=O)c4cccc(C(F)(F)F)n4)c4ccccc43)cc2[N+](=O)[O-])[C@H](OC(C)=O)C[C@@H]1OC(C)=O. The molecular formula is C34H28F3N3O13. The molecular weight excluding hydrogens is 715 g/mol. The monoisotopic (exact) mass is 743 g/mol. The van der Waals surface area contributed by atoms with E-state index in [0.29, 0.717) is 6.07 Å². The summed E-state index contributed by atoms with van der Waals surface area (Å²) < 4.78 is 72.5. The summed E-state index contributed by atoms with van der Waals surface area (Å²) in [6.07, 6.45) is -10.7. The number of ketones is 1. The van der Waals surface area contributed by atoms with E-state index in [1.165, 1.54) is 18.2 Å². The number of aromatic nitrogens is 2. The number of methoxy groups -OCH3 is 1. The van der Waals surface area contributed by atoms with Crippen LogP contribution in [-0.2, 0) is 50.9 Å². The fourth-order valence-corrected chi connectivity index (χ4v) is 5.45. The Morgan fingerprint density at radius 1 is 0.981 bits per heavy atom. The van der Waals surface area contributed by atoms with E-state index in [0.717, 1.165) is 56.0 Å². The lowest BCUT2D eigenvalue weighted by atomic mass is 10.0. The van der Waals surface area contributed by atoms with Crippen molar-refractivity contribution in [3.8, 4) is 5.75 Å². The molecule has 5 rings (SSSR count). The Morgan fingerprint density at radius 3 is 2.34 bits per heavy atom. The third kappa shape index (κ3) is 8.58. The van der Waals surface area contributed by atoms with Crippen molar-refractivity contribution in [1.29, 1.82) is 0 Å². The molecule has 1 aliphatic rings. The van der Waals surface area contributed by atoms with Crippen LogP contribution in [0.3, 0.4) is 0 Å². The first-order valence-electron chi connectivity index (χ1n) is 15.4. The van der Waals surface area contributed by atoms with Crippen LogP contribution in [0, 0.1) is 10.1 Å². The second-order valence-corrected chi connectivity index (χ2v) is 11.4. The van der Waals surface area contributed by atoms with Gasteiger partial charge in [0.2, 0.25) is 12.1 Å². The molecule has 16 nitrogen and oxygen atoms in total. The number of halogens is 3. The van der Waals surface area contributed by atoms with E-state index >= 15 is 0 Å². The van der Waals surface area contributed by atoms with Crippen molar-refractivity contribution in [2.75, 3.05) is 7.11 Å². The van der Waals surface area contributed by atoms with Crippen LogP contribution >= 0.6 is 0 Å². The molecule has 1 fully saturated rings. The lowest BCUT2D eigenvalue weighted by Gasteiger charge is -2.38. The van der Waals surface area contributed by atoms with Crippen LogP contribution in [0.15, 0.2) is 66.9 Å². The van der Waals surface area contributed by atoms with Crippen molar-refractivity contribution in [1.82, 2.24) is 9.55 Å². The molecule has 1 aliphatic heterocycles. The first kappa shape index (κ1) is 37.9. The Balaban J connectivity index is 1.36. The second-order valence-electron chi connectivity index (χ2n) is 11.4. The average molecular weight is 744 g/mol. The van der Waals surface area contributed by atoms with Crippen LogP contribution in [0.4, 0.5) is 23.7 Å². The summed E-state index contributed by atoms with van der Waals surface area (Å²) in [6.45, 7) is 1.63. The smallest absolute Gasteiger partial charge is 0.433 e. The van der Waals surface area contributed by atoms with Crippen LogP contribution < -0.4 is 4.74 Å². The molecule has 19 heteroatoms. The zero-order valence-electron chi connectivity index (χ0n) is 27.9. The van der Waals surface area contributed by atoms with Gasteiger partial charge in [0.1, 0.15) is 24.1 Å². The molecule has 1 saturated heterocycles. The molecule has 0 unspecified atom stereocenters. The molecule has 0 radical (unpaired) electrons. The lowest BCUT2D eigenvalue weighted by Crippen LogP contribution is -2.55. The van der Waals surface area contributed by atoms with Gasteiger partial charge in [-0.1, -0.05) is 30.3 Å². The van der Waals surface area contributed by atoms with Gasteiger partial charge in [0.15, 0.2) is 18.0 Å². The predicted molar refractivity (Wildman–Crippen MR) is 170 cm³/mol. The number of rotatable bonds is 10. The number of nitro benzene ring substituents is 1. The normalized spacial score (nSPS) is 18.5. The number of benzene rings is 2. The zero-order chi connectivity index (χ0) is 38.6. The highest BCUT2D eigenvalue weighted by Crippen LogP contribution is 2.34. The lowest BCUT2D eigenvalue weighted by molar-refractivity contribution is -0.386. The maximum atomic E-state index is 13.3. The van der Waals surface area contributed by atoms with Crippen LogP contribution in [0.5, 0.6) is 5.75 Å². The Morgan fingerprint density at radius 2 is 1.68 bits per heavy atom. The fraction of sp³-hybridized carbons (Fsp3) is 0.294. The molecule has 0 aliphatic carbocycles. The number of nitro groups is 1. The number of hydrogen-bond acceptors (Lipinski definition) is 14. The molecule has 278 valence electrons. The Labute approximate surface area is 296 Å². The van der Waals surface area contributed by atoms with Gasteiger partial charge < -0.3 is 28.4 Å². The van der Waals surface area contributed by atoms with Gasteiger partial charge in [-0.25, -0.2) is 14.6 Å². The van der Waals surface area contributed by atoms with Gasteiger partial charge in [-0.15, -0.1) is 0 Å². The van der Waals surface area contributed by atoms with E-state index < -0.39 is 94.9 Å². The van der Waals surface area contributed by atoms with Crippen molar-refractivity contribution < 1.29 is 70.5 Å². The molecule has 2 aromatic heterocycles. The van der Waals surface area contributed by atoms with Crippen molar-refractivity contribution in [2.24, 2.45) is 0 Å². The zero-order valence-corrected chi connectivity index (χ0v) is 27.9. The summed E-state index contributed by atoms with van der Waals surface area (Å²) in [5.41, 5.74) is -2.28. The van der Waals surface area contributed by atoms with Crippen molar-refractivity contribution in [2.45, 2.75) is 57.7 Å². The number of carbonyl (C=O) groups is 5. The van der Waals surface area contributed by atoms with Crippen LogP contribution in [0.25, 0.3) is 10.9 Å². The van der Waals surface area contributed by atoms with E-state index in [4.69, 9.17) is 28.4 Å². The number of ether oxygens (including phenoxy) is 6. The number of carbonyl (C=O) groups excluding carboxylic acids is 5. The molecule has 2 aromatic carbocycles. The number of alkyl halides is 3. The quantitative estimate of drug-likeness (QED) is 0.0697. The van der Waals surface area contributed by atoms with Gasteiger partial charge in [-0.05, 0) is 29.8 Å². The Bertz CT molecular complexity index is 2100. The summed E-state index contributed by atoms with van der Waals surface area (Å²) in [7, 11) is 1.05. The maximum Gasteiger partial charge on any atom is 0.433 e. The predicted octanol–water partition coefficient (Wildman–Crippen LogP) is 4.91. The largest absolute Gasteiger partial charge is 0.467 e. The van der Waals surface area contributed by atoms with Gasteiger partial charge in [-0.3, -0.25) is 29.1 Å². The number of pyridine rings is 1. The van der Waals surface area contributed by atoms with E-state index in [-0.39, 0.29) is 28.5 Å². The molecule has 0 bridgehead atoms. The highest BCUT2D eigenvalue weighted by molar-refractivity contribution is 6.16. The molecule has 0 saturated carbocycles. The fourth-order valence-electron chi connectivity index (χ4n) is 5.45. The third-order valence-electron chi connectivity index (χ3n) is 7.71. The van der Waals surface area contributed by atoms with Gasteiger partial charge in [0.05, 0.1) is 23.1 Å². The summed E-state index contributed by atoms with van der Waals surface area (Å²) >= 11 is 0. The third-order valence-corrected chi connectivity index (χ3v) is 7.71. The Hall–Kier alpha value is -6.37. The Kier molecular flexibility index (Phi) is 11.1. The number of nitrogens with zero attached hydrogens (tertiary/aromatic N) is 3. The summed E-state index contributed by atoms with van der Waals surface area (Å²) in [5.74, 6) is -3.81. The maximum absolute atomic E-state index is 13.3. The van der Waals surface area contributed by atoms with Crippen LogP contribution in [-0.4, -0.2) is 76.0 Å². The number of hydrogen-bond donors (Lipinski definition) is 0. The van der Waals surface area contributed by atoms with Crippen LogP contribution in [0.1, 0.15) is 47.6 Å². The van der Waals surface area contributed by atoms with Crippen molar-refractivity contribution in [3.05, 3.63) is 99.5 Å². The first-order chi connectivity index (χ1) is 25.1. The van der Waals surface area contributed by atoms with E-state index in [2.05, 4.69) is 4.98 Å². The molecule has 0 amide bonds. The molecule has 0 spiro atoms. The molecule has 53 heavy (non-hydrogen) atoms. The van der Waals surface area contributed by atoms with E-state index in [1.807, 2.05) is 0 Å². The molecule has 0 N–H and O–H groups in total. The van der Waals surface area contributed by atoms with Crippen molar-refractivity contribution >= 4 is 46.4 Å². The highest BCUT2D eigenvalue weighted by Gasteiger charge is 2.47. The minimum atomic E-state index is -4.80. The number of esters is 3. The molecule has 4 aromatic rings. The minimum Gasteiger partial charge on any atom is -0.467 e. The minimum absolute atomic E-state index is 0.0989. The summed E-state index contributed by atoms with van der Waals surface area (Å²) in [5, 5.41) is 12.3. The first-order valence-corrected chi connectivity index (χ1v) is 15.4. The molecule has 3 heterocycles. The van der Waals surface area contributed by atoms with Gasteiger partial charge >= 0.3 is 35.9 Å². The summed E-state index contributed by atoms with van der Waals surface area (Å²) in [6, 6.07) is 12.4. The van der Waals surface area contributed by atoms with E-state index in [9.17, 15) is 47.3 Å². The van der Waals surface area contributed by atoms with Crippen molar-refractivity contribution in [3.63, 3.8) is 0 Å². The average Bonchev–Trinajstić information content (AvgIpc) is 3.50. The highest BCUT2D eigenvalue weighted by atomic mass is 19.4. The topological polar surface area (TPSA) is 202 Å². The number of para-hydroxylation sites is 1. The van der Waals surface area contributed by atoms with E-state index in [1.54, 1.807) is 12.1 Å². The van der Waals surface area contributed by atoms with Gasteiger partial charge in [0, 0.05) is 37.9 Å². The van der Waals surface area contributed by atoms with Gasteiger partial charge in [-0.2, -0.15) is 13.2 Å². The van der Waals surface area contributed by atoms with Gasteiger partial charge in [0.25, 0.3) is 0 Å². The summed E-state index contributed by atoms with van der Waals surface area (Å²) in [4.78, 5) is 77.2. The van der Waals surface area contributed by atoms with Crippen LogP contribution in [0.2, 0.25) is 0 Å². The number of fused-ring (bicyclic) bond motifs is 1. The second kappa shape index (κ2) is 15.5. The molecule has 4 atom stereocenters.